The highest BCUT2D eigenvalue weighted by Crippen LogP contribution is 2.34. The van der Waals surface area contributed by atoms with Gasteiger partial charge in [-0.15, -0.1) is 10.2 Å². The Bertz CT molecular complexity index is 1100. The molecule has 0 aliphatic carbocycles. The first-order valence-electron chi connectivity index (χ1n) is 10.9. The van der Waals surface area contributed by atoms with Gasteiger partial charge in [0.15, 0.2) is 5.82 Å². The van der Waals surface area contributed by atoms with Crippen LogP contribution in [-0.4, -0.2) is 61.5 Å². The lowest BCUT2D eigenvalue weighted by molar-refractivity contribution is 0.207. The summed E-state index contributed by atoms with van der Waals surface area (Å²) >= 11 is 0. The van der Waals surface area contributed by atoms with Crippen molar-refractivity contribution in [1.29, 1.82) is 0 Å². The number of methoxy groups -OCH3 is 2. The van der Waals surface area contributed by atoms with E-state index in [9.17, 15) is 4.79 Å². The minimum Gasteiger partial charge on any atom is -0.494 e. The Morgan fingerprint density at radius 2 is 1.61 bits per heavy atom. The number of ether oxygens (including phenoxy) is 2. The number of nitrogens with zero attached hydrogens (tertiary/aromatic N) is 4. The number of aromatic nitrogens is 2. The number of urea groups is 1. The van der Waals surface area contributed by atoms with Crippen molar-refractivity contribution >= 4 is 17.5 Å². The number of amides is 2. The van der Waals surface area contributed by atoms with Crippen LogP contribution in [0.15, 0.2) is 48.5 Å². The molecule has 0 atom stereocenters. The number of benzene rings is 2. The van der Waals surface area contributed by atoms with Gasteiger partial charge in [-0.1, -0.05) is 29.8 Å². The molecule has 4 rings (SSSR count). The molecule has 1 aromatic heterocycles. The molecule has 3 aromatic rings. The van der Waals surface area contributed by atoms with Gasteiger partial charge in [-0.2, -0.15) is 0 Å². The van der Waals surface area contributed by atoms with Crippen LogP contribution in [0.2, 0.25) is 0 Å². The van der Waals surface area contributed by atoms with Gasteiger partial charge >= 0.3 is 6.03 Å². The quantitative estimate of drug-likeness (QED) is 0.634. The summed E-state index contributed by atoms with van der Waals surface area (Å²) in [5.41, 5.74) is 4.89. The second kappa shape index (κ2) is 9.77. The Balaban J connectivity index is 1.38. The van der Waals surface area contributed by atoms with Crippen LogP contribution in [0.4, 0.5) is 16.3 Å². The molecule has 0 bridgehead atoms. The largest absolute Gasteiger partial charge is 0.494 e. The Morgan fingerprint density at radius 3 is 2.18 bits per heavy atom. The van der Waals surface area contributed by atoms with Crippen LogP contribution >= 0.6 is 0 Å². The standard InChI is InChI=1S/C25H29N5O3/c1-17-8-9-19(18(2)16-17)20-10-11-23(28-27-20)29-12-14-30(15-13-29)25(31)26-24-21(32-3)6-5-7-22(24)33-4/h5-11,16H,12-15H2,1-4H3,(H,26,31). The molecular formula is C25H29N5O3. The second-order valence-electron chi connectivity index (χ2n) is 8.04. The zero-order valence-electron chi connectivity index (χ0n) is 19.5. The SMILES string of the molecule is COc1cccc(OC)c1NC(=O)N1CCN(c2ccc(-c3ccc(C)cc3C)nn2)CC1. The van der Waals surface area contributed by atoms with Crippen molar-refractivity contribution in [3.05, 3.63) is 59.7 Å². The number of rotatable bonds is 5. The Hall–Kier alpha value is -3.81. The first-order valence-corrected chi connectivity index (χ1v) is 10.9. The van der Waals surface area contributed by atoms with E-state index in [-0.39, 0.29) is 6.03 Å². The van der Waals surface area contributed by atoms with Crippen molar-refractivity contribution < 1.29 is 14.3 Å². The first-order chi connectivity index (χ1) is 16.0. The molecule has 1 aliphatic rings. The predicted octanol–water partition coefficient (Wildman–Crippen LogP) is 4.13. The summed E-state index contributed by atoms with van der Waals surface area (Å²) < 4.78 is 10.7. The molecule has 2 heterocycles. The van der Waals surface area contributed by atoms with E-state index in [0.29, 0.717) is 43.4 Å². The molecule has 1 aliphatic heterocycles. The minimum absolute atomic E-state index is 0.186. The number of hydrogen-bond donors (Lipinski definition) is 1. The lowest BCUT2D eigenvalue weighted by atomic mass is 10.0. The lowest BCUT2D eigenvalue weighted by Gasteiger charge is -2.35. The maximum absolute atomic E-state index is 12.9. The van der Waals surface area contributed by atoms with Crippen LogP contribution in [-0.2, 0) is 0 Å². The number of aryl methyl sites for hydroxylation is 2. The fraction of sp³-hybridized carbons (Fsp3) is 0.320. The number of para-hydroxylation sites is 1. The van der Waals surface area contributed by atoms with Crippen LogP contribution in [0.3, 0.4) is 0 Å². The average molecular weight is 448 g/mol. The van der Waals surface area contributed by atoms with E-state index in [0.717, 1.165) is 17.1 Å². The first kappa shape index (κ1) is 22.4. The van der Waals surface area contributed by atoms with Crippen LogP contribution in [0.5, 0.6) is 11.5 Å². The Labute approximate surface area is 194 Å². The van der Waals surface area contributed by atoms with E-state index in [1.807, 2.05) is 18.2 Å². The van der Waals surface area contributed by atoms with E-state index in [1.165, 1.54) is 11.1 Å². The molecule has 172 valence electrons. The summed E-state index contributed by atoms with van der Waals surface area (Å²) in [7, 11) is 3.13. The molecule has 0 radical (unpaired) electrons. The van der Waals surface area contributed by atoms with Crippen LogP contribution < -0.4 is 19.7 Å². The van der Waals surface area contributed by atoms with E-state index >= 15 is 0 Å². The number of carbonyl (C=O) groups is 1. The third-order valence-electron chi connectivity index (χ3n) is 5.86. The highest BCUT2D eigenvalue weighted by atomic mass is 16.5. The number of hydrogen-bond acceptors (Lipinski definition) is 6. The van der Waals surface area contributed by atoms with Gasteiger partial charge in [0.2, 0.25) is 0 Å². The van der Waals surface area contributed by atoms with Crippen LogP contribution in [0, 0.1) is 13.8 Å². The smallest absolute Gasteiger partial charge is 0.322 e. The van der Waals surface area contributed by atoms with Gasteiger partial charge in [0, 0.05) is 31.7 Å². The van der Waals surface area contributed by atoms with E-state index in [1.54, 1.807) is 31.3 Å². The summed E-state index contributed by atoms with van der Waals surface area (Å²) in [5, 5.41) is 11.8. The number of piperazine rings is 1. The molecule has 2 aromatic carbocycles. The maximum atomic E-state index is 12.9. The van der Waals surface area contributed by atoms with Gasteiger partial charge in [0.1, 0.15) is 17.2 Å². The molecule has 0 saturated carbocycles. The fourth-order valence-electron chi connectivity index (χ4n) is 4.04. The van der Waals surface area contributed by atoms with Gasteiger partial charge in [-0.25, -0.2) is 4.79 Å². The zero-order valence-corrected chi connectivity index (χ0v) is 19.5. The molecule has 33 heavy (non-hydrogen) atoms. The highest BCUT2D eigenvalue weighted by Gasteiger charge is 2.24. The summed E-state index contributed by atoms with van der Waals surface area (Å²) in [4.78, 5) is 16.8. The maximum Gasteiger partial charge on any atom is 0.322 e. The number of anilines is 2. The lowest BCUT2D eigenvalue weighted by Crippen LogP contribution is -2.50. The molecule has 1 saturated heterocycles. The molecule has 8 nitrogen and oxygen atoms in total. The van der Waals surface area contributed by atoms with Crippen molar-refractivity contribution in [2.45, 2.75) is 13.8 Å². The Morgan fingerprint density at radius 1 is 0.909 bits per heavy atom. The predicted molar refractivity (Wildman–Crippen MR) is 129 cm³/mol. The second-order valence-corrected chi connectivity index (χ2v) is 8.04. The van der Waals surface area contributed by atoms with Gasteiger partial charge in [-0.3, -0.25) is 0 Å². The van der Waals surface area contributed by atoms with Crippen LogP contribution in [0.25, 0.3) is 11.3 Å². The summed E-state index contributed by atoms with van der Waals surface area (Å²) in [5.74, 6) is 1.93. The third kappa shape index (κ3) is 4.84. The topological polar surface area (TPSA) is 79.8 Å². The van der Waals surface area contributed by atoms with Crippen molar-refractivity contribution in [2.24, 2.45) is 0 Å². The van der Waals surface area contributed by atoms with Gasteiger partial charge in [0.05, 0.1) is 19.9 Å². The fourth-order valence-corrected chi connectivity index (χ4v) is 4.04. The monoisotopic (exact) mass is 447 g/mol. The molecule has 1 N–H and O–H groups in total. The highest BCUT2D eigenvalue weighted by molar-refractivity contribution is 5.93. The molecule has 0 unspecified atom stereocenters. The average Bonchev–Trinajstić information content (AvgIpc) is 2.84. The summed E-state index contributed by atoms with van der Waals surface area (Å²) in [6, 6.07) is 15.5. The van der Waals surface area contributed by atoms with Gasteiger partial charge in [0.25, 0.3) is 0 Å². The van der Waals surface area contributed by atoms with Crippen molar-refractivity contribution in [3.8, 4) is 22.8 Å². The van der Waals surface area contributed by atoms with E-state index < -0.39 is 0 Å². The number of nitrogens with one attached hydrogen (secondary N) is 1. The van der Waals surface area contributed by atoms with E-state index in [2.05, 4.69) is 52.5 Å². The van der Waals surface area contributed by atoms with Crippen molar-refractivity contribution in [2.75, 3.05) is 50.6 Å². The van der Waals surface area contributed by atoms with Gasteiger partial charge in [-0.05, 0) is 43.7 Å². The van der Waals surface area contributed by atoms with E-state index in [4.69, 9.17) is 9.47 Å². The van der Waals surface area contributed by atoms with Crippen LogP contribution in [0.1, 0.15) is 11.1 Å². The molecule has 1 fully saturated rings. The Kier molecular flexibility index (Phi) is 6.63. The van der Waals surface area contributed by atoms with Crippen molar-refractivity contribution in [3.63, 3.8) is 0 Å². The molecular weight excluding hydrogens is 418 g/mol. The van der Waals surface area contributed by atoms with Crippen molar-refractivity contribution in [1.82, 2.24) is 15.1 Å². The zero-order chi connectivity index (χ0) is 23.4. The molecule has 8 heteroatoms. The third-order valence-corrected chi connectivity index (χ3v) is 5.86. The minimum atomic E-state index is -0.186. The molecule has 0 spiro atoms. The summed E-state index contributed by atoms with van der Waals surface area (Å²) in [6.07, 6.45) is 0. The summed E-state index contributed by atoms with van der Waals surface area (Å²) in [6.45, 7) is 6.66. The number of carbonyl (C=O) groups excluding carboxylic acids is 1. The van der Waals surface area contributed by atoms with Gasteiger partial charge < -0.3 is 24.6 Å². The normalized spacial score (nSPS) is 13.6. The molecule has 2 amide bonds.